The van der Waals surface area contributed by atoms with E-state index >= 15 is 0 Å². The lowest BCUT2D eigenvalue weighted by atomic mass is 10.1. The quantitative estimate of drug-likeness (QED) is 0.871. The molecule has 1 saturated carbocycles. The lowest BCUT2D eigenvalue weighted by molar-refractivity contribution is 0.0649. The minimum atomic E-state index is -0.356. The summed E-state index contributed by atoms with van der Waals surface area (Å²) in [5, 5.41) is 9.91. The first-order chi connectivity index (χ1) is 9.02. The highest BCUT2D eigenvalue weighted by molar-refractivity contribution is 7.14. The van der Waals surface area contributed by atoms with Crippen LogP contribution in [0.2, 0.25) is 0 Å². The minimum Gasteiger partial charge on any atom is -0.391 e. The molecular formula is C15H23NO2S. The van der Waals surface area contributed by atoms with Crippen LogP contribution in [0.1, 0.15) is 46.3 Å². The van der Waals surface area contributed by atoms with Gasteiger partial charge in [-0.3, -0.25) is 4.79 Å². The molecule has 1 N–H and O–H groups in total. The van der Waals surface area contributed by atoms with Gasteiger partial charge in [-0.1, -0.05) is 13.3 Å². The summed E-state index contributed by atoms with van der Waals surface area (Å²) < 4.78 is 0. The number of aliphatic hydroxyl groups is 1. The Labute approximate surface area is 119 Å². The Balaban J connectivity index is 1.99. The standard InChI is InChI=1S/C15H23NO2S/c1-4-5-12-8-14(19-10(12)2)15(18)16(3)9-13(17)11-6-7-11/h8,11,13,17H,4-7,9H2,1-3H3. The first-order valence-electron chi connectivity index (χ1n) is 7.05. The third-order valence-electron chi connectivity index (χ3n) is 3.72. The van der Waals surface area contributed by atoms with Crippen molar-refractivity contribution < 1.29 is 9.90 Å². The lowest BCUT2D eigenvalue weighted by Gasteiger charge is -2.20. The number of carbonyl (C=O) groups is 1. The second-order valence-corrected chi connectivity index (χ2v) is 6.79. The molecule has 1 amide bonds. The van der Waals surface area contributed by atoms with E-state index in [4.69, 9.17) is 0 Å². The Morgan fingerprint density at radius 1 is 1.58 bits per heavy atom. The van der Waals surface area contributed by atoms with Gasteiger partial charge in [0.05, 0.1) is 11.0 Å². The fourth-order valence-electron chi connectivity index (χ4n) is 2.32. The van der Waals surface area contributed by atoms with E-state index in [1.54, 1.807) is 23.3 Å². The van der Waals surface area contributed by atoms with Crippen molar-refractivity contribution in [3.05, 3.63) is 21.4 Å². The largest absolute Gasteiger partial charge is 0.391 e. The molecule has 0 saturated heterocycles. The Morgan fingerprint density at radius 2 is 2.26 bits per heavy atom. The average Bonchev–Trinajstić information content (AvgIpc) is 3.15. The number of hydrogen-bond acceptors (Lipinski definition) is 3. The third kappa shape index (κ3) is 3.57. The van der Waals surface area contributed by atoms with E-state index in [2.05, 4.69) is 13.8 Å². The molecular weight excluding hydrogens is 258 g/mol. The van der Waals surface area contributed by atoms with E-state index in [0.717, 1.165) is 30.6 Å². The van der Waals surface area contributed by atoms with E-state index in [-0.39, 0.29) is 12.0 Å². The Morgan fingerprint density at radius 3 is 2.84 bits per heavy atom. The van der Waals surface area contributed by atoms with Crippen LogP contribution in [-0.4, -0.2) is 35.6 Å². The summed E-state index contributed by atoms with van der Waals surface area (Å²) in [5.41, 5.74) is 1.28. The van der Waals surface area contributed by atoms with E-state index in [1.165, 1.54) is 10.4 Å². The van der Waals surface area contributed by atoms with Crippen molar-refractivity contribution in [1.82, 2.24) is 4.90 Å². The normalized spacial score (nSPS) is 16.4. The zero-order valence-corrected chi connectivity index (χ0v) is 12.8. The van der Waals surface area contributed by atoms with Crippen molar-refractivity contribution in [3.63, 3.8) is 0 Å². The molecule has 1 aromatic heterocycles. The summed E-state index contributed by atoms with van der Waals surface area (Å²) in [4.78, 5) is 16.0. The molecule has 0 radical (unpaired) electrons. The number of nitrogens with zero attached hydrogens (tertiary/aromatic N) is 1. The summed E-state index contributed by atoms with van der Waals surface area (Å²) in [6.45, 7) is 4.67. The zero-order chi connectivity index (χ0) is 14.0. The number of likely N-dealkylation sites (N-methyl/N-ethyl adjacent to an activating group) is 1. The summed E-state index contributed by atoms with van der Waals surface area (Å²) in [6, 6.07) is 2.02. The molecule has 106 valence electrons. The smallest absolute Gasteiger partial charge is 0.263 e. The second kappa shape index (κ2) is 6.06. The molecule has 0 spiro atoms. The topological polar surface area (TPSA) is 40.5 Å². The molecule has 1 heterocycles. The molecule has 0 aromatic carbocycles. The Bertz CT molecular complexity index is 451. The summed E-state index contributed by atoms with van der Waals surface area (Å²) in [7, 11) is 1.78. The van der Waals surface area contributed by atoms with Crippen LogP contribution in [0, 0.1) is 12.8 Å². The highest BCUT2D eigenvalue weighted by Gasteiger charge is 2.31. The van der Waals surface area contributed by atoms with Crippen LogP contribution in [0.15, 0.2) is 6.07 Å². The summed E-state index contributed by atoms with van der Waals surface area (Å²) in [5.74, 6) is 0.450. The zero-order valence-electron chi connectivity index (χ0n) is 12.0. The van der Waals surface area contributed by atoms with Crippen molar-refractivity contribution in [3.8, 4) is 0 Å². The van der Waals surface area contributed by atoms with Crippen LogP contribution < -0.4 is 0 Å². The van der Waals surface area contributed by atoms with Gasteiger partial charge < -0.3 is 10.0 Å². The number of amides is 1. The molecule has 3 nitrogen and oxygen atoms in total. The van der Waals surface area contributed by atoms with Crippen LogP contribution >= 0.6 is 11.3 Å². The van der Waals surface area contributed by atoms with Crippen molar-refractivity contribution in [1.29, 1.82) is 0 Å². The first-order valence-corrected chi connectivity index (χ1v) is 7.87. The van der Waals surface area contributed by atoms with E-state index in [9.17, 15) is 9.90 Å². The fraction of sp³-hybridized carbons (Fsp3) is 0.667. The number of aliphatic hydroxyl groups excluding tert-OH is 1. The Hall–Kier alpha value is -0.870. The number of aryl methyl sites for hydroxylation is 2. The maximum absolute atomic E-state index is 12.3. The van der Waals surface area contributed by atoms with Crippen molar-refractivity contribution in [2.24, 2.45) is 5.92 Å². The van der Waals surface area contributed by atoms with Crippen LogP contribution in [0.25, 0.3) is 0 Å². The summed E-state index contributed by atoms with van der Waals surface area (Å²) in [6.07, 6.45) is 3.97. The molecule has 1 fully saturated rings. The predicted octanol–water partition coefficient (Wildman–Crippen LogP) is 2.85. The third-order valence-corrected chi connectivity index (χ3v) is 4.81. The molecule has 0 aliphatic heterocycles. The maximum Gasteiger partial charge on any atom is 0.263 e. The number of rotatable bonds is 6. The fourth-order valence-corrected chi connectivity index (χ4v) is 3.39. The monoisotopic (exact) mass is 281 g/mol. The Kier molecular flexibility index (Phi) is 4.63. The van der Waals surface area contributed by atoms with Crippen LogP contribution in [0.5, 0.6) is 0 Å². The SMILES string of the molecule is CCCc1cc(C(=O)N(C)CC(O)C2CC2)sc1C. The molecule has 1 atom stereocenters. The van der Waals surface area contributed by atoms with Crippen LogP contribution in [0.3, 0.4) is 0 Å². The van der Waals surface area contributed by atoms with Crippen LogP contribution in [0.4, 0.5) is 0 Å². The molecule has 0 bridgehead atoms. The maximum atomic E-state index is 12.3. The van der Waals surface area contributed by atoms with Crippen LogP contribution in [-0.2, 0) is 6.42 Å². The summed E-state index contributed by atoms with van der Waals surface area (Å²) >= 11 is 1.57. The second-order valence-electron chi connectivity index (χ2n) is 5.53. The van der Waals surface area contributed by atoms with Gasteiger partial charge in [0, 0.05) is 18.5 Å². The number of hydrogen-bond donors (Lipinski definition) is 1. The lowest BCUT2D eigenvalue weighted by Crippen LogP contribution is -2.34. The average molecular weight is 281 g/mol. The first kappa shape index (κ1) is 14.5. The van der Waals surface area contributed by atoms with Gasteiger partial charge in [-0.05, 0) is 43.7 Å². The van der Waals surface area contributed by atoms with Gasteiger partial charge in [0.1, 0.15) is 0 Å². The molecule has 1 aromatic rings. The molecule has 1 aliphatic rings. The number of carbonyl (C=O) groups excluding carboxylic acids is 1. The van der Waals surface area contributed by atoms with E-state index in [0.29, 0.717) is 12.5 Å². The minimum absolute atomic E-state index is 0.0372. The van der Waals surface area contributed by atoms with Gasteiger partial charge in [0.2, 0.25) is 0 Å². The predicted molar refractivity (Wildman–Crippen MR) is 78.7 cm³/mol. The van der Waals surface area contributed by atoms with Gasteiger partial charge in [0.25, 0.3) is 5.91 Å². The van der Waals surface area contributed by atoms with Crippen molar-refractivity contribution in [2.75, 3.05) is 13.6 Å². The van der Waals surface area contributed by atoms with Gasteiger partial charge in [-0.15, -0.1) is 11.3 Å². The van der Waals surface area contributed by atoms with Gasteiger partial charge in [-0.2, -0.15) is 0 Å². The van der Waals surface area contributed by atoms with Crippen molar-refractivity contribution in [2.45, 2.75) is 45.6 Å². The highest BCUT2D eigenvalue weighted by atomic mass is 32.1. The molecule has 1 aliphatic carbocycles. The van der Waals surface area contributed by atoms with E-state index in [1.807, 2.05) is 6.07 Å². The van der Waals surface area contributed by atoms with Crippen molar-refractivity contribution >= 4 is 17.2 Å². The molecule has 2 rings (SSSR count). The molecule has 1 unspecified atom stereocenters. The molecule has 4 heteroatoms. The van der Waals surface area contributed by atoms with E-state index < -0.39 is 0 Å². The molecule has 19 heavy (non-hydrogen) atoms. The highest BCUT2D eigenvalue weighted by Crippen LogP contribution is 2.33. The van der Waals surface area contributed by atoms with Gasteiger partial charge >= 0.3 is 0 Å². The number of thiophene rings is 1. The van der Waals surface area contributed by atoms with Gasteiger partial charge in [-0.25, -0.2) is 0 Å². The van der Waals surface area contributed by atoms with Gasteiger partial charge in [0.15, 0.2) is 0 Å².